The van der Waals surface area contributed by atoms with E-state index in [4.69, 9.17) is 5.73 Å². The molecule has 0 spiro atoms. The van der Waals surface area contributed by atoms with E-state index in [1.54, 1.807) is 14.1 Å². The summed E-state index contributed by atoms with van der Waals surface area (Å²) in [6, 6.07) is 0. The minimum absolute atomic E-state index is 0.224. The maximum atomic E-state index is 5.27. The van der Waals surface area contributed by atoms with Crippen LogP contribution >= 0.6 is 0 Å². The van der Waals surface area contributed by atoms with Gasteiger partial charge >= 0.3 is 0 Å². The number of aliphatic imine (C=N–C) groups is 1. The van der Waals surface area contributed by atoms with E-state index in [2.05, 4.69) is 32.5 Å². The molecule has 6 nitrogen and oxygen atoms in total. The summed E-state index contributed by atoms with van der Waals surface area (Å²) in [4.78, 5) is 3.51. The molecule has 0 atom stereocenters. The lowest BCUT2D eigenvalue weighted by Crippen LogP contribution is -2.27. The lowest BCUT2D eigenvalue weighted by Gasteiger charge is -1.95. The zero-order valence-electron chi connectivity index (χ0n) is 6.63. The summed E-state index contributed by atoms with van der Waals surface area (Å²) >= 11 is 0. The van der Waals surface area contributed by atoms with Crippen molar-refractivity contribution in [2.24, 2.45) is 20.9 Å². The van der Waals surface area contributed by atoms with E-state index in [0.29, 0.717) is 5.96 Å². The van der Waals surface area contributed by atoms with E-state index >= 15 is 0 Å². The molecule has 0 rings (SSSR count). The van der Waals surface area contributed by atoms with E-state index in [1.165, 1.54) is 0 Å². The molecule has 0 fully saturated rings. The van der Waals surface area contributed by atoms with Crippen molar-refractivity contribution in [2.45, 2.75) is 0 Å². The van der Waals surface area contributed by atoms with Gasteiger partial charge in [-0.05, 0) is 6.72 Å². The Balaban J connectivity index is 4.17. The van der Waals surface area contributed by atoms with Gasteiger partial charge in [-0.25, -0.2) is 4.99 Å². The van der Waals surface area contributed by atoms with Gasteiger partial charge in [0.15, 0.2) is 0 Å². The van der Waals surface area contributed by atoms with Gasteiger partial charge in [-0.2, -0.15) is 0 Å². The Morgan fingerprint density at radius 1 is 1.27 bits per heavy atom. The second-order valence-corrected chi connectivity index (χ2v) is 1.57. The van der Waals surface area contributed by atoms with E-state index in [1.807, 2.05) is 0 Å². The van der Waals surface area contributed by atoms with Crippen LogP contribution in [0.25, 0.3) is 0 Å². The molecule has 6 heteroatoms. The quantitative estimate of drug-likeness (QED) is 0.251. The molecular formula is C5H12N6. The summed E-state index contributed by atoms with van der Waals surface area (Å²) in [5, 5.41) is 12.4. The third-order valence-corrected chi connectivity index (χ3v) is 0.882. The molecule has 0 unspecified atom stereocenters. The van der Waals surface area contributed by atoms with Crippen LogP contribution in [-0.2, 0) is 0 Å². The largest absolute Gasteiger partial charge is 0.368 e. The second-order valence-electron chi connectivity index (χ2n) is 1.57. The Morgan fingerprint density at radius 2 is 1.91 bits per heavy atom. The lowest BCUT2D eigenvalue weighted by atomic mass is 10.9. The molecule has 0 aromatic rings. The van der Waals surface area contributed by atoms with Crippen LogP contribution in [0.15, 0.2) is 15.2 Å². The Labute approximate surface area is 65.3 Å². The van der Waals surface area contributed by atoms with E-state index in [-0.39, 0.29) is 5.96 Å². The van der Waals surface area contributed by atoms with Crippen LogP contribution in [0.1, 0.15) is 0 Å². The fourth-order valence-corrected chi connectivity index (χ4v) is 0.312. The minimum atomic E-state index is 0.224. The van der Waals surface area contributed by atoms with Crippen LogP contribution in [0.2, 0.25) is 0 Å². The Bertz CT molecular complexity index is 181. The number of guanidine groups is 2. The van der Waals surface area contributed by atoms with Gasteiger partial charge in [0.05, 0.1) is 0 Å². The van der Waals surface area contributed by atoms with Gasteiger partial charge in [0.1, 0.15) is 0 Å². The summed E-state index contributed by atoms with van der Waals surface area (Å²) < 4.78 is 0. The molecule has 11 heavy (non-hydrogen) atoms. The highest BCUT2D eigenvalue weighted by molar-refractivity contribution is 5.85. The molecule has 0 heterocycles. The number of nitrogens with one attached hydrogen (secondary N) is 2. The highest BCUT2D eigenvalue weighted by Crippen LogP contribution is 1.75. The normalized spacial score (nSPS) is 12.5. The summed E-state index contributed by atoms with van der Waals surface area (Å²) in [5.74, 6) is 0.546. The van der Waals surface area contributed by atoms with E-state index in [0.717, 1.165) is 0 Å². The number of nitrogens with zero attached hydrogens (tertiary/aromatic N) is 3. The van der Waals surface area contributed by atoms with E-state index in [9.17, 15) is 0 Å². The van der Waals surface area contributed by atoms with Gasteiger partial charge in [0, 0.05) is 14.1 Å². The van der Waals surface area contributed by atoms with Crippen molar-refractivity contribution in [2.75, 3.05) is 14.1 Å². The van der Waals surface area contributed by atoms with Crippen LogP contribution in [0.3, 0.4) is 0 Å². The average Bonchev–Trinajstić information content (AvgIpc) is 2.06. The zero-order valence-corrected chi connectivity index (χ0v) is 6.63. The molecule has 0 aliphatic carbocycles. The standard InChI is InChI=1S/C5H12N6/c1-7-4(6)10-11-5(8-2)9-3/h2H2,1,3H3,(H,9,11)(H3,6,7,10). The van der Waals surface area contributed by atoms with Gasteiger partial charge in [-0.1, -0.05) is 0 Å². The summed E-state index contributed by atoms with van der Waals surface area (Å²) in [7, 11) is 3.31. The van der Waals surface area contributed by atoms with Crippen molar-refractivity contribution in [3.8, 4) is 0 Å². The fraction of sp³-hybridized carbons (Fsp3) is 0.400. The maximum absolute atomic E-state index is 5.27. The van der Waals surface area contributed by atoms with Crippen molar-refractivity contribution in [1.82, 2.24) is 10.6 Å². The molecule has 0 aromatic carbocycles. The predicted molar refractivity (Wildman–Crippen MR) is 46.7 cm³/mol. The zero-order chi connectivity index (χ0) is 8.69. The molecule has 0 amide bonds. The Hall–Kier alpha value is -1.59. The van der Waals surface area contributed by atoms with Crippen molar-refractivity contribution in [1.29, 1.82) is 0 Å². The van der Waals surface area contributed by atoms with Gasteiger partial charge in [0.2, 0.25) is 11.9 Å². The van der Waals surface area contributed by atoms with Gasteiger partial charge < -0.3 is 16.4 Å². The van der Waals surface area contributed by atoms with Crippen molar-refractivity contribution < 1.29 is 0 Å². The summed E-state index contributed by atoms with van der Waals surface area (Å²) in [6.07, 6.45) is 0. The topological polar surface area (TPSA) is 87.2 Å². The number of hydrogen-bond acceptors (Lipinski definition) is 2. The van der Waals surface area contributed by atoms with Crippen LogP contribution in [0.4, 0.5) is 0 Å². The van der Waals surface area contributed by atoms with Crippen LogP contribution < -0.4 is 16.4 Å². The molecule has 0 saturated heterocycles. The maximum Gasteiger partial charge on any atom is 0.241 e. The number of nitrogens with two attached hydrogens (primary N) is 1. The number of rotatable bonds is 1. The first-order chi connectivity index (χ1) is 5.24. The van der Waals surface area contributed by atoms with Crippen molar-refractivity contribution in [3.05, 3.63) is 0 Å². The third kappa shape index (κ3) is 3.90. The molecule has 62 valence electrons. The SMILES string of the molecule is C=N/C(=N\N=C(/N)NC)NC. The Kier molecular flexibility index (Phi) is 4.46. The van der Waals surface area contributed by atoms with E-state index < -0.39 is 0 Å². The molecule has 4 N–H and O–H groups in total. The van der Waals surface area contributed by atoms with Crippen LogP contribution in [-0.4, -0.2) is 32.7 Å². The monoisotopic (exact) mass is 156 g/mol. The summed E-state index contributed by atoms with van der Waals surface area (Å²) in [5.41, 5.74) is 5.27. The molecule has 0 aliphatic rings. The molecule has 0 aromatic heterocycles. The average molecular weight is 156 g/mol. The highest BCUT2D eigenvalue weighted by Gasteiger charge is 1.86. The molecule has 0 radical (unpaired) electrons. The highest BCUT2D eigenvalue weighted by atomic mass is 15.3. The van der Waals surface area contributed by atoms with Crippen molar-refractivity contribution in [3.63, 3.8) is 0 Å². The predicted octanol–water partition coefficient (Wildman–Crippen LogP) is -1.29. The second kappa shape index (κ2) is 5.21. The summed E-state index contributed by atoms with van der Waals surface area (Å²) in [6.45, 7) is 3.26. The third-order valence-electron chi connectivity index (χ3n) is 0.882. The molecule has 0 bridgehead atoms. The molecule has 0 saturated carbocycles. The Morgan fingerprint density at radius 3 is 2.27 bits per heavy atom. The van der Waals surface area contributed by atoms with Gasteiger partial charge in [0.25, 0.3) is 0 Å². The first kappa shape index (κ1) is 9.41. The first-order valence-electron chi connectivity index (χ1n) is 2.98. The van der Waals surface area contributed by atoms with Crippen LogP contribution in [0, 0.1) is 0 Å². The van der Waals surface area contributed by atoms with Crippen LogP contribution in [0.5, 0.6) is 0 Å². The fourth-order valence-electron chi connectivity index (χ4n) is 0.312. The molecular weight excluding hydrogens is 144 g/mol. The minimum Gasteiger partial charge on any atom is -0.368 e. The number of hydrogen-bond donors (Lipinski definition) is 3. The smallest absolute Gasteiger partial charge is 0.241 e. The van der Waals surface area contributed by atoms with Gasteiger partial charge in [-0.3, -0.25) is 0 Å². The first-order valence-corrected chi connectivity index (χ1v) is 2.98. The molecule has 0 aliphatic heterocycles. The van der Waals surface area contributed by atoms with Crippen molar-refractivity contribution >= 4 is 18.6 Å². The lowest BCUT2D eigenvalue weighted by molar-refractivity contribution is 1.05. The van der Waals surface area contributed by atoms with Gasteiger partial charge in [-0.15, -0.1) is 10.2 Å².